The molecular weight excluding hydrogens is 360 g/mol. The van der Waals surface area contributed by atoms with Gasteiger partial charge in [0.05, 0.1) is 16.8 Å². The first-order valence-corrected chi connectivity index (χ1v) is 9.56. The number of aromatic nitrogens is 1. The fraction of sp³-hybridized carbons (Fsp3) is 0.120. The summed E-state index contributed by atoms with van der Waals surface area (Å²) >= 11 is 0. The summed E-state index contributed by atoms with van der Waals surface area (Å²) in [5.74, 6) is -0.927. The molecule has 0 aliphatic heterocycles. The normalized spacial score (nSPS) is 11.1. The Morgan fingerprint density at radius 3 is 2.17 bits per heavy atom. The van der Waals surface area contributed by atoms with Crippen LogP contribution >= 0.6 is 0 Å². The minimum Gasteiger partial charge on any atom is -0.478 e. The first kappa shape index (κ1) is 18.8. The minimum atomic E-state index is -0.927. The molecule has 4 heteroatoms. The Hall–Kier alpha value is -3.50. The molecule has 1 N–H and O–H groups in total. The molecule has 3 aromatic carbocycles. The maximum Gasteiger partial charge on any atom is 0.336 e. The second-order valence-corrected chi connectivity index (χ2v) is 7.16. The van der Waals surface area contributed by atoms with E-state index in [0.717, 1.165) is 23.4 Å². The molecule has 0 saturated carbocycles. The standard InChI is InChI=1S/C25H22N2O2/c1-27(16-18-10-4-2-5-11-18)17-21-23(25(28)29)20-14-8-9-15-22(20)26-24(21)19-12-6-3-7-13-19/h2-15H,16-17H2,1H3,(H,28,29). The molecule has 1 heterocycles. The van der Waals surface area contributed by atoms with E-state index in [2.05, 4.69) is 17.0 Å². The van der Waals surface area contributed by atoms with Gasteiger partial charge in [0.2, 0.25) is 0 Å². The van der Waals surface area contributed by atoms with Crippen molar-refractivity contribution in [3.05, 3.63) is 102 Å². The maximum absolute atomic E-state index is 12.3. The lowest BCUT2D eigenvalue weighted by atomic mass is 9.96. The van der Waals surface area contributed by atoms with Crippen LogP contribution in [0.4, 0.5) is 0 Å². The third-order valence-corrected chi connectivity index (χ3v) is 4.98. The Morgan fingerprint density at radius 1 is 0.862 bits per heavy atom. The molecular formula is C25H22N2O2. The first-order valence-electron chi connectivity index (χ1n) is 9.56. The molecule has 0 spiro atoms. The van der Waals surface area contributed by atoms with Crippen LogP contribution in [0.15, 0.2) is 84.9 Å². The zero-order valence-electron chi connectivity index (χ0n) is 16.2. The van der Waals surface area contributed by atoms with Gasteiger partial charge in [0.15, 0.2) is 0 Å². The van der Waals surface area contributed by atoms with Crippen LogP contribution in [0.5, 0.6) is 0 Å². The summed E-state index contributed by atoms with van der Waals surface area (Å²) in [4.78, 5) is 19.3. The maximum atomic E-state index is 12.3. The summed E-state index contributed by atoms with van der Waals surface area (Å²) in [6, 6.07) is 27.4. The lowest BCUT2D eigenvalue weighted by Crippen LogP contribution is -2.20. The van der Waals surface area contributed by atoms with Crippen molar-refractivity contribution in [1.29, 1.82) is 0 Å². The van der Waals surface area contributed by atoms with Gasteiger partial charge in [-0.2, -0.15) is 0 Å². The van der Waals surface area contributed by atoms with E-state index in [4.69, 9.17) is 4.98 Å². The van der Waals surface area contributed by atoms with E-state index >= 15 is 0 Å². The van der Waals surface area contributed by atoms with E-state index in [-0.39, 0.29) is 0 Å². The van der Waals surface area contributed by atoms with Gasteiger partial charge in [0.25, 0.3) is 0 Å². The summed E-state index contributed by atoms with van der Waals surface area (Å²) in [6.07, 6.45) is 0. The average molecular weight is 382 g/mol. The fourth-order valence-corrected chi connectivity index (χ4v) is 3.71. The van der Waals surface area contributed by atoms with Crippen LogP contribution in [0.25, 0.3) is 22.2 Å². The van der Waals surface area contributed by atoms with E-state index in [9.17, 15) is 9.90 Å². The predicted molar refractivity (Wildman–Crippen MR) is 116 cm³/mol. The highest BCUT2D eigenvalue weighted by Gasteiger charge is 2.22. The van der Waals surface area contributed by atoms with Crippen LogP contribution in [0.3, 0.4) is 0 Å². The zero-order chi connectivity index (χ0) is 20.2. The number of carboxylic acid groups (broad SMARTS) is 1. The molecule has 0 fully saturated rings. The monoisotopic (exact) mass is 382 g/mol. The smallest absolute Gasteiger partial charge is 0.336 e. The molecule has 4 rings (SSSR count). The Morgan fingerprint density at radius 2 is 1.48 bits per heavy atom. The van der Waals surface area contributed by atoms with Crippen molar-refractivity contribution < 1.29 is 9.90 Å². The number of nitrogens with zero attached hydrogens (tertiary/aromatic N) is 2. The zero-order valence-corrected chi connectivity index (χ0v) is 16.2. The molecule has 0 radical (unpaired) electrons. The molecule has 0 bridgehead atoms. The van der Waals surface area contributed by atoms with Crippen molar-refractivity contribution in [2.45, 2.75) is 13.1 Å². The van der Waals surface area contributed by atoms with Crippen LogP contribution < -0.4 is 0 Å². The van der Waals surface area contributed by atoms with E-state index in [1.54, 1.807) is 0 Å². The van der Waals surface area contributed by atoms with Gasteiger partial charge < -0.3 is 5.11 Å². The number of pyridine rings is 1. The SMILES string of the molecule is CN(Cc1ccccc1)Cc1c(-c2ccccc2)nc2ccccc2c1C(=O)O. The number of rotatable bonds is 6. The number of para-hydroxylation sites is 1. The van der Waals surface area contributed by atoms with Gasteiger partial charge >= 0.3 is 5.97 Å². The summed E-state index contributed by atoms with van der Waals surface area (Å²) in [5, 5.41) is 10.8. The van der Waals surface area contributed by atoms with Crippen molar-refractivity contribution in [2.24, 2.45) is 0 Å². The van der Waals surface area contributed by atoms with Crippen LogP contribution in [0.1, 0.15) is 21.5 Å². The highest BCUT2D eigenvalue weighted by Crippen LogP contribution is 2.31. The van der Waals surface area contributed by atoms with Crippen LogP contribution in [0, 0.1) is 0 Å². The second-order valence-electron chi connectivity index (χ2n) is 7.16. The van der Waals surface area contributed by atoms with Gasteiger partial charge in [0, 0.05) is 29.6 Å². The van der Waals surface area contributed by atoms with E-state index in [0.29, 0.717) is 23.0 Å². The summed E-state index contributed by atoms with van der Waals surface area (Å²) in [5.41, 5.74) is 4.58. The number of benzene rings is 3. The molecule has 29 heavy (non-hydrogen) atoms. The lowest BCUT2D eigenvalue weighted by Gasteiger charge is -2.21. The summed E-state index contributed by atoms with van der Waals surface area (Å²) < 4.78 is 0. The quantitative estimate of drug-likeness (QED) is 0.496. The Labute approximate surface area is 170 Å². The summed E-state index contributed by atoms with van der Waals surface area (Å²) in [7, 11) is 2.00. The largest absolute Gasteiger partial charge is 0.478 e. The summed E-state index contributed by atoms with van der Waals surface area (Å²) in [6.45, 7) is 1.21. The third kappa shape index (κ3) is 4.03. The number of hydrogen-bond acceptors (Lipinski definition) is 3. The highest BCUT2D eigenvalue weighted by molar-refractivity contribution is 6.05. The van der Waals surface area contributed by atoms with Crippen molar-refractivity contribution in [3.8, 4) is 11.3 Å². The minimum absolute atomic E-state index is 0.328. The highest BCUT2D eigenvalue weighted by atomic mass is 16.4. The van der Waals surface area contributed by atoms with Gasteiger partial charge in [-0.3, -0.25) is 4.90 Å². The molecule has 4 nitrogen and oxygen atoms in total. The second kappa shape index (κ2) is 8.25. The Kier molecular flexibility index (Phi) is 5.36. The molecule has 1 aromatic heterocycles. The number of fused-ring (bicyclic) bond motifs is 1. The molecule has 0 aliphatic rings. The van der Waals surface area contributed by atoms with E-state index in [1.165, 1.54) is 5.56 Å². The number of aromatic carboxylic acids is 1. The van der Waals surface area contributed by atoms with E-state index < -0.39 is 5.97 Å². The Balaban J connectivity index is 1.85. The molecule has 0 atom stereocenters. The van der Waals surface area contributed by atoms with Crippen LogP contribution in [0.2, 0.25) is 0 Å². The third-order valence-electron chi connectivity index (χ3n) is 4.98. The van der Waals surface area contributed by atoms with Crippen LogP contribution in [-0.2, 0) is 13.1 Å². The van der Waals surface area contributed by atoms with Crippen LogP contribution in [-0.4, -0.2) is 28.0 Å². The topological polar surface area (TPSA) is 53.4 Å². The van der Waals surface area contributed by atoms with Crippen molar-refractivity contribution in [2.75, 3.05) is 7.05 Å². The average Bonchev–Trinajstić information content (AvgIpc) is 2.74. The van der Waals surface area contributed by atoms with Gasteiger partial charge in [-0.1, -0.05) is 78.9 Å². The molecule has 4 aromatic rings. The van der Waals surface area contributed by atoms with Gasteiger partial charge in [0.1, 0.15) is 0 Å². The molecule has 0 saturated heterocycles. The molecule has 0 amide bonds. The van der Waals surface area contributed by atoms with Crippen molar-refractivity contribution in [1.82, 2.24) is 9.88 Å². The molecule has 144 valence electrons. The first-order chi connectivity index (χ1) is 14.1. The molecule has 0 aliphatic carbocycles. The van der Waals surface area contributed by atoms with E-state index in [1.807, 2.05) is 79.8 Å². The van der Waals surface area contributed by atoms with Crippen molar-refractivity contribution >= 4 is 16.9 Å². The predicted octanol–water partition coefficient (Wildman–Crippen LogP) is 5.23. The van der Waals surface area contributed by atoms with Gasteiger partial charge in [-0.05, 0) is 18.7 Å². The fourth-order valence-electron chi connectivity index (χ4n) is 3.71. The Bertz CT molecular complexity index is 1140. The van der Waals surface area contributed by atoms with Crippen molar-refractivity contribution in [3.63, 3.8) is 0 Å². The lowest BCUT2D eigenvalue weighted by molar-refractivity contribution is 0.0697. The number of carbonyl (C=O) groups is 1. The molecule has 0 unspecified atom stereocenters. The van der Waals surface area contributed by atoms with Gasteiger partial charge in [-0.25, -0.2) is 9.78 Å². The van der Waals surface area contributed by atoms with Gasteiger partial charge in [-0.15, -0.1) is 0 Å². The number of hydrogen-bond donors (Lipinski definition) is 1. The number of carboxylic acids is 1.